The van der Waals surface area contributed by atoms with E-state index >= 15 is 0 Å². The summed E-state index contributed by atoms with van der Waals surface area (Å²) in [4.78, 5) is 14.0. The van der Waals surface area contributed by atoms with Gasteiger partial charge in [-0.05, 0) is 24.8 Å². The second-order valence-electron chi connectivity index (χ2n) is 4.84. The number of aromatic nitrogens is 2. The van der Waals surface area contributed by atoms with Crippen LogP contribution in [-0.2, 0) is 11.2 Å². The minimum Gasteiger partial charge on any atom is -0.421 e. The SMILES string of the molecule is CCCCN(CC)C(=O)CCc1nnc(-c2ccsc2)o1. The van der Waals surface area contributed by atoms with E-state index in [0.29, 0.717) is 24.6 Å². The van der Waals surface area contributed by atoms with Gasteiger partial charge in [0.2, 0.25) is 17.7 Å². The number of carbonyl (C=O) groups excluding carboxylic acids is 1. The van der Waals surface area contributed by atoms with Gasteiger partial charge < -0.3 is 9.32 Å². The van der Waals surface area contributed by atoms with Crippen molar-refractivity contribution in [2.24, 2.45) is 0 Å². The highest BCUT2D eigenvalue weighted by Gasteiger charge is 2.14. The normalized spacial score (nSPS) is 10.8. The highest BCUT2D eigenvalue weighted by molar-refractivity contribution is 7.08. The van der Waals surface area contributed by atoms with Crippen molar-refractivity contribution in [3.05, 3.63) is 22.7 Å². The summed E-state index contributed by atoms with van der Waals surface area (Å²) in [5, 5.41) is 12.0. The molecule has 5 nitrogen and oxygen atoms in total. The molecule has 0 N–H and O–H groups in total. The molecule has 2 rings (SSSR count). The average Bonchev–Trinajstić information content (AvgIpc) is 3.16. The fourth-order valence-corrected chi connectivity index (χ4v) is 2.67. The van der Waals surface area contributed by atoms with E-state index in [1.54, 1.807) is 11.3 Å². The molecule has 0 fully saturated rings. The Morgan fingerprint density at radius 2 is 2.24 bits per heavy atom. The van der Waals surface area contributed by atoms with E-state index in [-0.39, 0.29) is 5.91 Å². The first-order valence-corrected chi connectivity index (χ1v) is 8.31. The van der Waals surface area contributed by atoms with E-state index in [1.165, 1.54) is 0 Å². The number of aryl methyl sites for hydroxylation is 1. The van der Waals surface area contributed by atoms with E-state index in [0.717, 1.165) is 31.5 Å². The van der Waals surface area contributed by atoms with Crippen molar-refractivity contribution in [1.29, 1.82) is 0 Å². The molecule has 0 spiro atoms. The van der Waals surface area contributed by atoms with Crippen LogP contribution in [0.5, 0.6) is 0 Å². The van der Waals surface area contributed by atoms with Gasteiger partial charge in [-0.1, -0.05) is 13.3 Å². The molecule has 6 heteroatoms. The maximum absolute atomic E-state index is 12.1. The van der Waals surface area contributed by atoms with Crippen molar-refractivity contribution < 1.29 is 9.21 Å². The van der Waals surface area contributed by atoms with Crippen molar-refractivity contribution in [1.82, 2.24) is 15.1 Å². The fraction of sp³-hybridized carbons (Fsp3) is 0.533. The monoisotopic (exact) mass is 307 g/mol. The predicted octanol–water partition coefficient (Wildman–Crippen LogP) is 3.38. The molecule has 2 aromatic heterocycles. The number of thiophene rings is 1. The second kappa shape index (κ2) is 7.93. The zero-order valence-corrected chi connectivity index (χ0v) is 13.4. The van der Waals surface area contributed by atoms with Crippen LogP contribution in [0.3, 0.4) is 0 Å². The molecule has 0 aliphatic carbocycles. The minimum atomic E-state index is 0.154. The summed E-state index contributed by atoms with van der Waals surface area (Å²) in [6.45, 7) is 5.72. The minimum absolute atomic E-state index is 0.154. The summed E-state index contributed by atoms with van der Waals surface area (Å²) in [5.41, 5.74) is 0.934. The molecule has 21 heavy (non-hydrogen) atoms. The lowest BCUT2D eigenvalue weighted by Gasteiger charge is -2.20. The lowest BCUT2D eigenvalue weighted by atomic mass is 10.2. The standard InChI is InChI=1S/C15H21N3O2S/c1-3-5-9-18(4-2)14(19)7-6-13-16-17-15(20-13)12-8-10-21-11-12/h8,10-11H,3-7,9H2,1-2H3. The summed E-state index contributed by atoms with van der Waals surface area (Å²) in [7, 11) is 0. The summed E-state index contributed by atoms with van der Waals surface area (Å²) in [6.07, 6.45) is 3.06. The number of amides is 1. The molecule has 0 unspecified atom stereocenters. The Morgan fingerprint density at radius 1 is 1.38 bits per heavy atom. The average molecular weight is 307 g/mol. The van der Waals surface area contributed by atoms with Gasteiger partial charge in [0.15, 0.2) is 0 Å². The van der Waals surface area contributed by atoms with Gasteiger partial charge in [-0.3, -0.25) is 4.79 Å². The van der Waals surface area contributed by atoms with Crippen molar-refractivity contribution in [2.75, 3.05) is 13.1 Å². The van der Waals surface area contributed by atoms with Gasteiger partial charge >= 0.3 is 0 Å². The van der Waals surface area contributed by atoms with Crippen LogP contribution in [-0.4, -0.2) is 34.1 Å². The number of rotatable bonds is 8. The van der Waals surface area contributed by atoms with Gasteiger partial charge in [0, 0.05) is 36.9 Å². The Hall–Kier alpha value is -1.69. The zero-order valence-electron chi connectivity index (χ0n) is 12.5. The van der Waals surface area contributed by atoms with Crippen LogP contribution in [0, 0.1) is 0 Å². The molecular weight excluding hydrogens is 286 g/mol. The van der Waals surface area contributed by atoms with Crippen LogP contribution in [0.2, 0.25) is 0 Å². The molecule has 0 aliphatic heterocycles. The third-order valence-electron chi connectivity index (χ3n) is 3.30. The summed E-state index contributed by atoms with van der Waals surface area (Å²) < 4.78 is 5.59. The molecule has 2 heterocycles. The molecule has 0 aliphatic rings. The van der Waals surface area contributed by atoms with Crippen LogP contribution in [0.1, 0.15) is 39.0 Å². The lowest BCUT2D eigenvalue weighted by molar-refractivity contribution is -0.131. The van der Waals surface area contributed by atoms with Gasteiger partial charge in [-0.15, -0.1) is 10.2 Å². The third kappa shape index (κ3) is 4.39. The van der Waals surface area contributed by atoms with E-state index in [1.807, 2.05) is 28.7 Å². The topological polar surface area (TPSA) is 59.2 Å². The van der Waals surface area contributed by atoms with Crippen molar-refractivity contribution >= 4 is 17.2 Å². The maximum Gasteiger partial charge on any atom is 0.248 e. The molecule has 1 amide bonds. The van der Waals surface area contributed by atoms with Crippen molar-refractivity contribution in [3.8, 4) is 11.5 Å². The van der Waals surface area contributed by atoms with Gasteiger partial charge in [0.1, 0.15) is 0 Å². The third-order valence-corrected chi connectivity index (χ3v) is 3.99. The maximum atomic E-state index is 12.1. The highest BCUT2D eigenvalue weighted by atomic mass is 32.1. The molecule has 2 aromatic rings. The highest BCUT2D eigenvalue weighted by Crippen LogP contribution is 2.20. The molecule has 114 valence electrons. The Morgan fingerprint density at radius 3 is 2.90 bits per heavy atom. The number of hydrogen-bond donors (Lipinski definition) is 0. The fourth-order valence-electron chi connectivity index (χ4n) is 2.04. The Bertz CT molecular complexity index is 551. The molecule has 0 radical (unpaired) electrons. The Labute approximate surface area is 129 Å². The quantitative estimate of drug-likeness (QED) is 0.750. The zero-order chi connectivity index (χ0) is 15.1. The van der Waals surface area contributed by atoms with E-state index in [2.05, 4.69) is 17.1 Å². The molecule has 0 bridgehead atoms. The van der Waals surface area contributed by atoms with E-state index < -0.39 is 0 Å². The molecule has 0 aromatic carbocycles. The Balaban J connectivity index is 1.86. The lowest BCUT2D eigenvalue weighted by Crippen LogP contribution is -2.31. The number of hydrogen-bond acceptors (Lipinski definition) is 5. The summed E-state index contributed by atoms with van der Waals surface area (Å²) in [6, 6.07) is 1.94. The first-order valence-electron chi connectivity index (χ1n) is 7.37. The van der Waals surface area contributed by atoms with Gasteiger partial charge in [0.25, 0.3) is 0 Å². The van der Waals surface area contributed by atoms with Crippen LogP contribution >= 0.6 is 11.3 Å². The van der Waals surface area contributed by atoms with Crippen molar-refractivity contribution in [3.63, 3.8) is 0 Å². The van der Waals surface area contributed by atoms with Gasteiger partial charge in [0.05, 0.1) is 0 Å². The number of nitrogens with zero attached hydrogens (tertiary/aromatic N) is 3. The summed E-state index contributed by atoms with van der Waals surface area (Å²) in [5.74, 6) is 1.20. The van der Waals surface area contributed by atoms with Crippen LogP contribution < -0.4 is 0 Å². The first-order chi connectivity index (χ1) is 10.2. The van der Waals surface area contributed by atoms with Crippen LogP contribution in [0.25, 0.3) is 11.5 Å². The molecule has 0 saturated carbocycles. The smallest absolute Gasteiger partial charge is 0.248 e. The largest absolute Gasteiger partial charge is 0.421 e. The predicted molar refractivity (Wildman–Crippen MR) is 83.1 cm³/mol. The van der Waals surface area contributed by atoms with Crippen LogP contribution in [0.4, 0.5) is 0 Å². The van der Waals surface area contributed by atoms with E-state index in [4.69, 9.17) is 4.42 Å². The molecular formula is C15H21N3O2S. The first kappa shape index (κ1) is 15.7. The number of carbonyl (C=O) groups is 1. The molecule has 0 saturated heterocycles. The van der Waals surface area contributed by atoms with E-state index in [9.17, 15) is 4.79 Å². The van der Waals surface area contributed by atoms with Gasteiger partial charge in [-0.2, -0.15) is 11.3 Å². The molecule has 0 atom stereocenters. The van der Waals surface area contributed by atoms with Crippen LogP contribution in [0.15, 0.2) is 21.2 Å². The van der Waals surface area contributed by atoms with Gasteiger partial charge in [-0.25, -0.2) is 0 Å². The van der Waals surface area contributed by atoms with Crippen molar-refractivity contribution in [2.45, 2.75) is 39.5 Å². The second-order valence-corrected chi connectivity index (χ2v) is 5.62. The number of unbranched alkanes of at least 4 members (excludes halogenated alkanes) is 1. The Kier molecular flexibility index (Phi) is 5.92. The summed E-state index contributed by atoms with van der Waals surface area (Å²) >= 11 is 1.59.